The molecule has 22 heavy (non-hydrogen) atoms. The van der Waals surface area contributed by atoms with Gasteiger partial charge in [0, 0.05) is 15.4 Å². The molecule has 0 fully saturated rings. The molecule has 2 aromatic rings. The van der Waals surface area contributed by atoms with Crippen LogP contribution in [-0.2, 0) is 9.53 Å². The van der Waals surface area contributed by atoms with Crippen LogP contribution in [0.15, 0.2) is 39.7 Å². The first kappa shape index (κ1) is 16.4. The molecule has 0 aliphatic heterocycles. The van der Waals surface area contributed by atoms with E-state index in [1.165, 1.54) is 17.4 Å². The van der Waals surface area contributed by atoms with Gasteiger partial charge in [0.25, 0.3) is 0 Å². The summed E-state index contributed by atoms with van der Waals surface area (Å²) in [6.07, 6.45) is 1.18. The van der Waals surface area contributed by atoms with Crippen LogP contribution in [0.25, 0.3) is 16.6 Å². The first-order chi connectivity index (χ1) is 10.5. The number of ether oxygens (including phenoxy) is 1. The highest BCUT2D eigenvalue weighted by Crippen LogP contribution is 2.27. The van der Waals surface area contributed by atoms with Crippen molar-refractivity contribution in [1.82, 2.24) is 4.98 Å². The molecule has 2 rings (SSSR count). The second-order valence-electron chi connectivity index (χ2n) is 4.71. The van der Waals surface area contributed by atoms with Crippen molar-refractivity contribution in [2.24, 2.45) is 0 Å². The van der Waals surface area contributed by atoms with E-state index in [1.54, 1.807) is 19.2 Å². The van der Waals surface area contributed by atoms with Crippen LogP contribution in [0, 0.1) is 11.3 Å². The number of rotatable bonds is 4. The van der Waals surface area contributed by atoms with E-state index < -0.39 is 5.97 Å². The minimum atomic E-state index is -0.630. The van der Waals surface area contributed by atoms with Gasteiger partial charge < -0.3 is 4.74 Å². The molecule has 0 atom stereocenters. The lowest BCUT2D eigenvalue weighted by molar-refractivity contribution is -0.142. The lowest BCUT2D eigenvalue weighted by Gasteiger charge is -2.05. The zero-order valence-corrected chi connectivity index (χ0v) is 14.4. The number of thiazole rings is 1. The monoisotopic (exact) mass is 376 g/mol. The van der Waals surface area contributed by atoms with E-state index in [2.05, 4.69) is 20.9 Å². The summed E-state index contributed by atoms with van der Waals surface area (Å²) in [5, 5.41) is 11.7. The van der Waals surface area contributed by atoms with Gasteiger partial charge in [-0.05, 0) is 32.1 Å². The van der Waals surface area contributed by atoms with Gasteiger partial charge in [-0.25, -0.2) is 9.78 Å². The fourth-order valence-electron chi connectivity index (χ4n) is 1.67. The van der Waals surface area contributed by atoms with Crippen molar-refractivity contribution in [3.05, 3.63) is 45.4 Å². The number of carbonyl (C=O) groups is 1. The number of nitriles is 1. The molecular weight excluding hydrogens is 364 g/mol. The average molecular weight is 377 g/mol. The Bertz CT molecular complexity index is 760. The highest BCUT2D eigenvalue weighted by atomic mass is 79.9. The summed E-state index contributed by atoms with van der Waals surface area (Å²) in [7, 11) is 0. The maximum atomic E-state index is 11.8. The van der Waals surface area contributed by atoms with Crippen LogP contribution in [0.5, 0.6) is 0 Å². The number of halogens is 1. The molecule has 112 valence electrons. The SMILES string of the molecule is CC(C)OC(=O)/C(C#N)=C/c1csc(-c2cccc(Br)c2)n1. The van der Waals surface area contributed by atoms with Crippen molar-refractivity contribution in [2.75, 3.05) is 0 Å². The zero-order valence-electron chi connectivity index (χ0n) is 12.0. The van der Waals surface area contributed by atoms with Gasteiger partial charge >= 0.3 is 5.97 Å². The second kappa shape index (κ2) is 7.34. The van der Waals surface area contributed by atoms with Crippen molar-refractivity contribution in [3.63, 3.8) is 0 Å². The van der Waals surface area contributed by atoms with E-state index in [0.29, 0.717) is 5.69 Å². The number of aromatic nitrogens is 1. The van der Waals surface area contributed by atoms with E-state index in [4.69, 9.17) is 10.00 Å². The third-order valence-corrected chi connectivity index (χ3v) is 3.97. The fourth-order valence-corrected chi connectivity index (χ4v) is 2.84. The van der Waals surface area contributed by atoms with Crippen molar-refractivity contribution in [2.45, 2.75) is 20.0 Å². The predicted octanol–water partition coefficient (Wildman–Crippen LogP) is 4.43. The summed E-state index contributed by atoms with van der Waals surface area (Å²) in [5.41, 5.74) is 1.49. The Hall–Kier alpha value is -1.97. The number of benzene rings is 1. The number of nitrogens with zero attached hydrogens (tertiary/aromatic N) is 2. The smallest absolute Gasteiger partial charge is 0.349 e. The van der Waals surface area contributed by atoms with Gasteiger partial charge in [-0.15, -0.1) is 11.3 Å². The molecule has 1 aromatic heterocycles. The maximum Gasteiger partial charge on any atom is 0.349 e. The van der Waals surface area contributed by atoms with Crippen LogP contribution >= 0.6 is 27.3 Å². The Labute approximate surface area is 141 Å². The van der Waals surface area contributed by atoms with Crippen molar-refractivity contribution in [3.8, 4) is 16.6 Å². The quantitative estimate of drug-likeness (QED) is 0.449. The zero-order chi connectivity index (χ0) is 16.1. The molecular formula is C16H13BrN2O2S. The third kappa shape index (κ3) is 4.26. The number of carbonyl (C=O) groups excluding carboxylic acids is 1. The lowest BCUT2D eigenvalue weighted by Crippen LogP contribution is -2.12. The maximum absolute atomic E-state index is 11.8. The van der Waals surface area contributed by atoms with Gasteiger partial charge in [-0.3, -0.25) is 0 Å². The summed E-state index contributed by atoms with van der Waals surface area (Å²) in [6, 6.07) is 9.64. The van der Waals surface area contributed by atoms with E-state index in [9.17, 15) is 4.79 Å². The van der Waals surface area contributed by atoms with E-state index in [0.717, 1.165) is 15.0 Å². The van der Waals surface area contributed by atoms with Crippen molar-refractivity contribution < 1.29 is 9.53 Å². The highest BCUT2D eigenvalue weighted by Gasteiger charge is 2.13. The van der Waals surface area contributed by atoms with Gasteiger partial charge in [0.15, 0.2) is 0 Å². The van der Waals surface area contributed by atoms with Gasteiger partial charge in [0.2, 0.25) is 0 Å². The molecule has 0 radical (unpaired) electrons. The molecule has 0 saturated carbocycles. The summed E-state index contributed by atoms with van der Waals surface area (Å²) in [5.74, 6) is -0.630. The molecule has 0 unspecified atom stereocenters. The van der Waals surface area contributed by atoms with E-state index in [1.807, 2.05) is 30.3 Å². The standard InChI is InChI=1S/C16H13BrN2O2S/c1-10(2)21-16(20)12(8-18)7-14-9-22-15(19-14)11-4-3-5-13(17)6-11/h3-7,9-10H,1-2H3/b12-7+. The van der Waals surface area contributed by atoms with Crippen LogP contribution in [0.3, 0.4) is 0 Å². The van der Waals surface area contributed by atoms with Crippen LogP contribution in [-0.4, -0.2) is 17.1 Å². The minimum Gasteiger partial charge on any atom is -0.459 e. The molecule has 0 aliphatic rings. The Morgan fingerprint density at radius 1 is 1.50 bits per heavy atom. The fraction of sp³-hybridized carbons (Fsp3) is 0.188. The predicted molar refractivity (Wildman–Crippen MR) is 90.1 cm³/mol. The molecule has 0 saturated heterocycles. The van der Waals surface area contributed by atoms with Crippen molar-refractivity contribution in [1.29, 1.82) is 5.26 Å². The van der Waals surface area contributed by atoms with Gasteiger partial charge in [0.1, 0.15) is 16.6 Å². The molecule has 1 aromatic carbocycles. The molecule has 4 nitrogen and oxygen atoms in total. The Morgan fingerprint density at radius 3 is 2.91 bits per heavy atom. The van der Waals surface area contributed by atoms with Crippen LogP contribution in [0.1, 0.15) is 19.5 Å². The van der Waals surface area contributed by atoms with Crippen LogP contribution in [0.2, 0.25) is 0 Å². The number of esters is 1. The van der Waals surface area contributed by atoms with E-state index in [-0.39, 0.29) is 11.7 Å². The molecule has 0 aliphatic carbocycles. The van der Waals surface area contributed by atoms with E-state index >= 15 is 0 Å². The topological polar surface area (TPSA) is 63.0 Å². The number of hydrogen-bond acceptors (Lipinski definition) is 5. The highest BCUT2D eigenvalue weighted by molar-refractivity contribution is 9.10. The third-order valence-electron chi connectivity index (χ3n) is 2.57. The molecule has 0 spiro atoms. The normalized spacial score (nSPS) is 11.3. The van der Waals surface area contributed by atoms with Gasteiger partial charge in [0.05, 0.1) is 11.8 Å². The Kier molecular flexibility index (Phi) is 5.47. The van der Waals surface area contributed by atoms with Crippen molar-refractivity contribution >= 4 is 39.3 Å². The molecule has 0 bridgehead atoms. The minimum absolute atomic E-state index is 0.0557. The van der Waals surface area contributed by atoms with Crippen LogP contribution < -0.4 is 0 Å². The summed E-state index contributed by atoms with van der Waals surface area (Å²) in [4.78, 5) is 16.2. The number of hydrogen-bond donors (Lipinski definition) is 0. The summed E-state index contributed by atoms with van der Waals surface area (Å²) >= 11 is 4.87. The second-order valence-corrected chi connectivity index (χ2v) is 6.49. The van der Waals surface area contributed by atoms with Crippen LogP contribution in [0.4, 0.5) is 0 Å². The largest absolute Gasteiger partial charge is 0.459 e. The average Bonchev–Trinajstić information content (AvgIpc) is 2.92. The summed E-state index contributed by atoms with van der Waals surface area (Å²) < 4.78 is 5.99. The Morgan fingerprint density at radius 2 is 2.27 bits per heavy atom. The first-order valence-electron chi connectivity index (χ1n) is 6.54. The van der Waals surface area contributed by atoms with Gasteiger partial charge in [-0.1, -0.05) is 28.1 Å². The Balaban J connectivity index is 2.25. The van der Waals surface area contributed by atoms with Gasteiger partial charge in [-0.2, -0.15) is 5.26 Å². The molecule has 0 amide bonds. The molecule has 6 heteroatoms. The molecule has 1 heterocycles. The summed E-state index contributed by atoms with van der Waals surface area (Å²) in [6.45, 7) is 3.47. The molecule has 0 N–H and O–H groups in total. The lowest BCUT2D eigenvalue weighted by atomic mass is 10.2. The first-order valence-corrected chi connectivity index (χ1v) is 8.21.